The minimum absolute atomic E-state index is 0.267. The number of ether oxygens (including phenoxy) is 1. The maximum absolute atomic E-state index is 5.74. The zero-order valence-corrected chi connectivity index (χ0v) is 10.4. The van der Waals surface area contributed by atoms with Gasteiger partial charge in [-0.2, -0.15) is 0 Å². The molecule has 0 aromatic carbocycles. The molecule has 0 radical (unpaired) electrons. The topological polar surface area (TPSA) is 25.4 Å². The molecular weight excluding hydrogens is 200 g/mol. The number of rotatable bonds is 3. The third-order valence-corrected chi connectivity index (χ3v) is 2.89. The molecule has 0 saturated carbocycles. The largest absolute Gasteiger partial charge is 0.373 e. The molecule has 1 aromatic heterocycles. The second-order valence-electron chi connectivity index (χ2n) is 4.73. The lowest BCUT2D eigenvalue weighted by atomic mass is 10.0. The molecule has 1 aliphatic rings. The zero-order valence-electron chi connectivity index (χ0n) is 10.4. The van der Waals surface area contributed by atoms with E-state index in [-0.39, 0.29) is 6.10 Å². The third kappa shape index (κ3) is 2.60. The van der Waals surface area contributed by atoms with Crippen molar-refractivity contribution in [1.82, 2.24) is 9.88 Å². The molecule has 1 aromatic rings. The van der Waals surface area contributed by atoms with E-state index in [9.17, 15) is 0 Å². The molecule has 16 heavy (non-hydrogen) atoms. The molecule has 0 unspecified atom stereocenters. The molecule has 2 rings (SSSR count). The average molecular weight is 220 g/mol. The molecule has 2 heterocycles. The molecule has 0 aliphatic carbocycles. The maximum Gasteiger partial charge on any atom is 0.0843 e. The van der Waals surface area contributed by atoms with Crippen molar-refractivity contribution in [2.75, 3.05) is 20.7 Å². The van der Waals surface area contributed by atoms with Gasteiger partial charge in [-0.3, -0.25) is 4.98 Å². The quantitative estimate of drug-likeness (QED) is 0.781. The number of nitrogens with zero attached hydrogens (tertiary/aromatic N) is 2. The molecule has 1 saturated heterocycles. The SMILES string of the molecule is Cc1ccc([C@@H]2CCCO2)c(CN(C)C)n1. The van der Waals surface area contributed by atoms with E-state index >= 15 is 0 Å². The molecule has 1 fully saturated rings. The van der Waals surface area contributed by atoms with Crippen molar-refractivity contribution in [3.63, 3.8) is 0 Å². The van der Waals surface area contributed by atoms with Gasteiger partial charge < -0.3 is 9.64 Å². The number of hydrogen-bond donors (Lipinski definition) is 0. The fourth-order valence-corrected chi connectivity index (χ4v) is 2.16. The van der Waals surface area contributed by atoms with Crippen LogP contribution in [0.1, 0.15) is 35.9 Å². The van der Waals surface area contributed by atoms with Crippen LogP contribution in [0.2, 0.25) is 0 Å². The Balaban J connectivity index is 2.27. The van der Waals surface area contributed by atoms with Gasteiger partial charge in [0.15, 0.2) is 0 Å². The van der Waals surface area contributed by atoms with Crippen LogP contribution in [-0.4, -0.2) is 30.6 Å². The van der Waals surface area contributed by atoms with Gasteiger partial charge >= 0.3 is 0 Å². The van der Waals surface area contributed by atoms with E-state index in [4.69, 9.17) is 4.74 Å². The van der Waals surface area contributed by atoms with Crippen molar-refractivity contribution in [1.29, 1.82) is 0 Å². The highest BCUT2D eigenvalue weighted by atomic mass is 16.5. The minimum atomic E-state index is 0.267. The summed E-state index contributed by atoms with van der Waals surface area (Å²) in [4.78, 5) is 6.79. The Labute approximate surface area is 97.4 Å². The van der Waals surface area contributed by atoms with E-state index in [1.165, 1.54) is 12.0 Å². The van der Waals surface area contributed by atoms with Crippen LogP contribution in [0.5, 0.6) is 0 Å². The van der Waals surface area contributed by atoms with Crippen molar-refractivity contribution in [3.05, 3.63) is 29.1 Å². The van der Waals surface area contributed by atoms with Gasteiger partial charge in [0, 0.05) is 24.4 Å². The Hall–Kier alpha value is -0.930. The summed E-state index contributed by atoms with van der Waals surface area (Å²) in [5.41, 5.74) is 3.52. The summed E-state index contributed by atoms with van der Waals surface area (Å²) in [5.74, 6) is 0. The second-order valence-corrected chi connectivity index (χ2v) is 4.73. The van der Waals surface area contributed by atoms with Gasteiger partial charge in [0.05, 0.1) is 11.8 Å². The number of hydrogen-bond acceptors (Lipinski definition) is 3. The summed E-state index contributed by atoms with van der Waals surface area (Å²) in [6.07, 6.45) is 2.56. The summed E-state index contributed by atoms with van der Waals surface area (Å²) in [6.45, 7) is 3.81. The van der Waals surface area contributed by atoms with E-state index in [1.807, 2.05) is 6.92 Å². The van der Waals surface area contributed by atoms with E-state index in [0.717, 1.165) is 31.0 Å². The minimum Gasteiger partial charge on any atom is -0.373 e. The molecule has 88 valence electrons. The van der Waals surface area contributed by atoms with Crippen molar-refractivity contribution < 1.29 is 4.74 Å². The fourth-order valence-electron chi connectivity index (χ4n) is 2.16. The van der Waals surface area contributed by atoms with Crippen molar-refractivity contribution in [2.24, 2.45) is 0 Å². The van der Waals surface area contributed by atoms with E-state index in [1.54, 1.807) is 0 Å². The highest BCUT2D eigenvalue weighted by molar-refractivity contribution is 5.25. The van der Waals surface area contributed by atoms with Gasteiger partial charge in [-0.25, -0.2) is 0 Å². The van der Waals surface area contributed by atoms with Crippen LogP contribution in [0.3, 0.4) is 0 Å². The molecule has 1 aliphatic heterocycles. The summed E-state index contributed by atoms with van der Waals surface area (Å²) in [6, 6.07) is 4.26. The lowest BCUT2D eigenvalue weighted by Crippen LogP contribution is -2.15. The molecule has 0 N–H and O–H groups in total. The monoisotopic (exact) mass is 220 g/mol. The van der Waals surface area contributed by atoms with Crippen molar-refractivity contribution in [3.8, 4) is 0 Å². The van der Waals surface area contributed by atoms with Gasteiger partial charge in [-0.15, -0.1) is 0 Å². The van der Waals surface area contributed by atoms with Crippen LogP contribution in [0.4, 0.5) is 0 Å². The molecule has 0 spiro atoms. The van der Waals surface area contributed by atoms with Gasteiger partial charge in [0.25, 0.3) is 0 Å². The van der Waals surface area contributed by atoms with Crippen LogP contribution < -0.4 is 0 Å². The smallest absolute Gasteiger partial charge is 0.0843 e. The van der Waals surface area contributed by atoms with Crippen LogP contribution in [0.25, 0.3) is 0 Å². The van der Waals surface area contributed by atoms with Crippen LogP contribution in [0, 0.1) is 6.92 Å². The Kier molecular flexibility index (Phi) is 3.56. The van der Waals surface area contributed by atoms with Gasteiger partial charge in [0.2, 0.25) is 0 Å². The van der Waals surface area contributed by atoms with E-state index in [0.29, 0.717) is 0 Å². The van der Waals surface area contributed by atoms with Gasteiger partial charge in [-0.1, -0.05) is 6.07 Å². The summed E-state index contributed by atoms with van der Waals surface area (Å²) in [7, 11) is 4.15. The number of aryl methyl sites for hydroxylation is 1. The zero-order chi connectivity index (χ0) is 11.5. The predicted octanol–water partition coefficient (Wildman–Crippen LogP) is 2.30. The average Bonchev–Trinajstić information content (AvgIpc) is 2.69. The van der Waals surface area contributed by atoms with Gasteiger partial charge in [-0.05, 0) is 39.9 Å². The lowest BCUT2D eigenvalue weighted by molar-refractivity contribution is 0.110. The third-order valence-electron chi connectivity index (χ3n) is 2.89. The number of pyridine rings is 1. The first-order valence-corrected chi connectivity index (χ1v) is 5.89. The van der Waals surface area contributed by atoms with Crippen molar-refractivity contribution in [2.45, 2.75) is 32.4 Å². The highest BCUT2D eigenvalue weighted by Crippen LogP contribution is 2.30. The number of aromatic nitrogens is 1. The Morgan fingerprint density at radius 2 is 2.25 bits per heavy atom. The van der Waals surface area contributed by atoms with Crippen LogP contribution in [-0.2, 0) is 11.3 Å². The van der Waals surface area contributed by atoms with Crippen LogP contribution in [0.15, 0.2) is 12.1 Å². The first-order chi connectivity index (χ1) is 7.66. The molecular formula is C13H20N2O. The summed E-state index contributed by atoms with van der Waals surface area (Å²) in [5, 5.41) is 0. The fraction of sp³-hybridized carbons (Fsp3) is 0.615. The Morgan fingerprint density at radius 1 is 1.44 bits per heavy atom. The van der Waals surface area contributed by atoms with E-state index < -0.39 is 0 Å². The maximum atomic E-state index is 5.74. The Morgan fingerprint density at radius 3 is 2.88 bits per heavy atom. The lowest BCUT2D eigenvalue weighted by Gasteiger charge is -2.17. The summed E-state index contributed by atoms with van der Waals surface area (Å²) >= 11 is 0. The van der Waals surface area contributed by atoms with Crippen molar-refractivity contribution >= 4 is 0 Å². The van der Waals surface area contributed by atoms with Gasteiger partial charge in [0.1, 0.15) is 0 Å². The normalized spacial score (nSPS) is 20.6. The Bertz CT molecular complexity index is 357. The van der Waals surface area contributed by atoms with Crippen LogP contribution >= 0.6 is 0 Å². The standard InChI is InChI=1S/C13H20N2O/c1-10-6-7-11(13-5-4-8-16-13)12(14-10)9-15(2)3/h6-7,13H,4-5,8-9H2,1-3H3/t13-/m0/s1. The molecule has 3 nitrogen and oxygen atoms in total. The van der Waals surface area contributed by atoms with E-state index in [2.05, 4.69) is 36.1 Å². The predicted molar refractivity (Wildman–Crippen MR) is 64.3 cm³/mol. The molecule has 1 atom stereocenters. The first kappa shape index (κ1) is 11.6. The molecule has 3 heteroatoms. The summed E-state index contributed by atoms with van der Waals surface area (Å²) < 4.78 is 5.74. The first-order valence-electron chi connectivity index (χ1n) is 5.89. The molecule has 0 bridgehead atoms. The highest BCUT2D eigenvalue weighted by Gasteiger charge is 2.21. The molecule has 0 amide bonds. The second kappa shape index (κ2) is 4.93.